The summed E-state index contributed by atoms with van der Waals surface area (Å²) in [6, 6.07) is 0. The number of carbonyl (C=O) groups is 1. The van der Waals surface area contributed by atoms with Gasteiger partial charge in [-0.3, -0.25) is 0 Å². The molecule has 14 heavy (non-hydrogen) atoms. The Morgan fingerprint density at radius 3 is 2.50 bits per heavy atom. The van der Waals surface area contributed by atoms with Crippen LogP contribution in [0, 0.1) is 11.3 Å². The number of hydrogen-bond acceptors (Lipinski definition) is 3. The van der Waals surface area contributed by atoms with Gasteiger partial charge in [-0.25, -0.2) is 0 Å². The second-order valence-electron chi connectivity index (χ2n) is 4.32. The van der Waals surface area contributed by atoms with Gasteiger partial charge in [-0.2, -0.15) is 0 Å². The monoisotopic (exact) mass is 200 g/mol. The first-order chi connectivity index (χ1) is 6.68. The van der Waals surface area contributed by atoms with E-state index in [0.717, 1.165) is 32.0 Å². The lowest BCUT2D eigenvalue weighted by atomic mass is 9.68. The van der Waals surface area contributed by atoms with Gasteiger partial charge in [-0.05, 0) is 12.8 Å². The van der Waals surface area contributed by atoms with Crippen molar-refractivity contribution in [1.29, 1.82) is 0 Å². The number of aldehydes is 1. The van der Waals surface area contributed by atoms with Crippen LogP contribution in [-0.2, 0) is 14.3 Å². The van der Waals surface area contributed by atoms with Crippen molar-refractivity contribution in [3.63, 3.8) is 0 Å². The molecule has 82 valence electrons. The van der Waals surface area contributed by atoms with Gasteiger partial charge in [-0.1, -0.05) is 19.8 Å². The highest BCUT2D eigenvalue weighted by molar-refractivity contribution is 5.59. The minimum absolute atomic E-state index is 0.198. The first-order valence-corrected chi connectivity index (χ1v) is 5.20. The highest BCUT2D eigenvalue weighted by Crippen LogP contribution is 2.42. The standard InChI is InChI=1S/C11H20O3/c1-11(8-12)7-5-4-6-9(11)10(13-2)14-3/h8-10H,4-7H2,1-3H3. The molecule has 0 amide bonds. The van der Waals surface area contributed by atoms with Crippen LogP contribution >= 0.6 is 0 Å². The molecule has 2 atom stereocenters. The van der Waals surface area contributed by atoms with E-state index >= 15 is 0 Å². The molecule has 0 aromatic heterocycles. The van der Waals surface area contributed by atoms with Crippen LogP contribution in [0.15, 0.2) is 0 Å². The lowest BCUT2D eigenvalue weighted by Crippen LogP contribution is -2.41. The van der Waals surface area contributed by atoms with Gasteiger partial charge in [0, 0.05) is 25.6 Å². The van der Waals surface area contributed by atoms with Crippen LogP contribution in [-0.4, -0.2) is 26.8 Å². The van der Waals surface area contributed by atoms with E-state index in [-0.39, 0.29) is 17.6 Å². The third kappa shape index (κ3) is 2.15. The molecule has 0 aromatic carbocycles. The van der Waals surface area contributed by atoms with Crippen LogP contribution in [0.5, 0.6) is 0 Å². The minimum Gasteiger partial charge on any atom is -0.356 e. The lowest BCUT2D eigenvalue weighted by Gasteiger charge is -2.40. The molecular weight excluding hydrogens is 180 g/mol. The molecule has 1 aliphatic carbocycles. The molecule has 1 rings (SSSR count). The van der Waals surface area contributed by atoms with Crippen molar-refractivity contribution in [2.75, 3.05) is 14.2 Å². The Labute approximate surface area is 85.8 Å². The second kappa shape index (κ2) is 4.89. The Bertz CT molecular complexity index is 189. The summed E-state index contributed by atoms with van der Waals surface area (Å²) < 4.78 is 10.5. The summed E-state index contributed by atoms with van der Waals surface area (Å²) in [5, 5.41) is 0. The van der Waals surface area contributed by atoms with Crippen LogP contribution in [0.1, 0.15) is 32.6 Å². The maximum Gasteiger partial charge on any atom is 0.160 e. The molecular formula is C11H20O3. The summed E-state index contributed by atoms with van der Waals surface area (Å²) in [4.78, 5) is 11.1. The molecule has 1 fully saturated rings. The molecule has 1 saturated carbocycles. The zero-order valence-electron chi connectivity index (χ0n) is 9.29. The average Bonchev–Trinajstić information content (AvgIpc) is 2.23. The largest absolute Gasteiger partial charge is 0.356 e. The molecule has 0 aliphatic heterocycles. The first kappa shape index (κ1) is 11.7. The molecule has 3 nitrogen and oxygen atoms in total. The average molecular weight is 200 g/mol. The highest BCUT2D eigenvalue weighted by Gasteiger charge is 2.41. The topological polar surface area (TPSA) is 35.5 Å². The van der Waals surface area contributed by atoms with Gasteiger partial charge in [0.1, 0.15) is 6.29 Å². The summed E-state index contributed by atoms with van der Waals surface area (Å²) in [7, 11) is 3.27. The molecule has 2 unspecified atom stereocenters. The van der Waals surface area contributed by atoms with Gasteiger partial charge in [0.15, 0.2) is 6.29 Å². The molecule has 0 spiro atoms. The fourth-order valence-electron chi connectivity index (χ4n) is 2.40. The normalized spacial score (nSPS) is 33.3. The van der Waals surface area contributed by atoms with Gasteiger partial charge in [0.25, 0.3) is 0 Å². The Balaban J connectivity index is 2.76. The minimum atomic E-state index is -0.269. The van der Waals surface area contributed by atoms with Crippen molar-refractivity contribution in [2.45, 2.75) is 38.9 Å². The van der Waals surface area contributed by atoms with Crippen LogP contribution in [0.3, 0.4) is 0 Å². The molecule has 0 aromatic rings. The third-order valence-electron chi connectivity index (χ3n) is 3.39. The molecule has 1 aliphatic rings. The molecule has 0 bridgehead atoms. The van der Waals surface area contributed by atoms with E-state index in [4.69, 9.17) is 9.47 Å². The summed E-state index contributed by atoms with van der Waals surface area (Å²) in [5.41, 5.74) is -0.269. The number of carbonyl (C=O) groups excluding carboxylic acids is 1. The van der Waals surface area contributed by atoms with Gasteiger partial charge in [0.05, 0.1) is 0 Å². The maximum absolute atomic E-state index is 11.1. The Kier molecular flexibility index (Phi) is 4.08. The zero-order valence-corrected chi connectivity index (χ0v) is 9.29. The predicted molar refractivity (Wildman–Crippen MR) is 53.9 cm³/mol. The van der Waals surface area contributed by atoms with Crippen molar-refractivity contribution in [3.05, 3.63) is 0 Å². The summed E-state index contributed by atoms with van der Waals surface area (Å²) in [6.45, 7) is 2.01. The summed E-state index contributed by atoms with van der Waals surface area (Å²) in [6.07, 6.45) is 5.09. The fourth-order valence-corrected chi connectivity index (χ4v) is 2.40. The van der Waals surface area contributed by atoms with E-state index in [2.05, 4.69) is 0 Å². The quantitative estimate of drug-likeness (QED) is 0.514. The Morgan fingerprint density at radius 2 is 2.00 bits per heavy atom. The number of methoxy groups -OCH3 is 2. The molecule has 0 saturated heterocycles. The van der Waals surface area contributed by atoms with Gasteiger partial charge in [-0.15, -0.1) is 0 Å². The van der Waals surface area contributed by atoms with Gasteiger partial charge >= 0.3 is 0 Å². The first-order valence-electron chi connectivity index (χ1n) is 5.20. The number of ether oxygens (including phenoxy) is 2. The highest BCUT2D eigenvalue weighted by atomic mass is 16.7. The van der Waals surface area contributed by atoms with Crippen molar-refractivity contribution >= 4 is 6.29 Å². The Hall–Kier alpha value is -0.410. The molecule has 0 radical (unpaired) electrons. The van der Waals surface area contributed by atoms with E-state index in [1.807, 2.05) is 6.92 Å². The maximum atomic E-state index is 11.1. The van der Waals surface area contributed by atoms with Crippen LogP contribution in [0.2, 0.25) is 0 Å². The summed E-state index contributed by atoms with van der Waals surface area (Å²) in [5.74, 6) is 0.198. The van der Waals surface area contributed by atoms with E-state index < -0.39 is 0 Å². The SMILES string of the molecule is COC(OC)C1CCCCC1(C)C=O. The fraction of sp³-hybridized carbons (Fsp3) is 0.909. The smallest absolute Gasteiger partial charge is 0.160 e. The lowest BCUT2D eigenvalue weighted by molar-refractivity contribution is -0.174. The molecule has 0 N–H and O–H groups in total. The third-order valence-corrected chi connectivity index (χ3v) is 3.39. The van der Waals surface area contributed by atoms with Gasteiger partial charge < -0.3 is 14.3 Å². The van der Waals surface area contributed by atoms with E-state index in [1.165, 1.54) is 0 Å². The molecule has 3 heteroatoms. The van der Waals surface area contributed by atoms with E-state index in [0.29, 0.717) is 0 Å². The predicted octanol–water partition coefficient (Wildman–Crippen LogP) is 2.00. The van der Waals surface area contributed by atoms with Crippen molar-refractivity contribution in [2.24, 2.45) is 11.3 Å². The number of rotatable bonds is 4. The second-order valence-corrected chi connectivity index (χ2v) is 4.32. The Morgan fingerprint density at radius 1 is 1.36 bits per heavy atom. The molecule has 0 heterocycles. The van der Waals surface area contributed by atoms with E-state index in [9.17, 15) is 4.79 Å². The van der Waals surface area contributed by atoms with Crippen molar-refractivity contribution in [1.82, 2.24) is 0 Å². The van der Waals surface area contributed by atoms with Gasteiger partial charge in [0.2, 0.25) is 0 Å². The van der Waals surface area contributed by atoms with Crippen LogP contribution < -0.4 is 0 Å². The number of hydrogen-bond donors (Lipinski definition) is 0. The zero-order chi connectivity index (χ0) is 10.6. The van der Waals surface area contributed by atoms with Crippen molar-refractivity contribution in [3.8, 4) is 0 Å². The summed E-state index contributed by atoms with van der Waals surface area (Å²) >= 11 is 0. The van der Waals surface area contributed by atoms with Crippen molar-refractivity contribution < 1.29 is 14.3 Å². The van der Waals surface area contributed by atoms with Crippen LogP contribution in [0.4, 0.5) is 0 Å². The van der Waals surface area contributed by atoms with E-state index in [1.54, 1.807) is 14.2 Å². The van der Waals surface area contributed by atoms with Crippen LogP contribution in [0.25, 0.3) is 0 Å².